The fourth-order valence-electron chi connectivity index (χ4n) is 4.94. The molecule has 0 aliphatic heterocycles. The lowest BCUT2D eigenvalue weighted by molar-refractivity contribution is -0.0770. The molecule has 0 heterocycles. The number of nitrogens with zero attached hydrogens (tertiary/aromatic N) is 1. The van der Waals surface area contributed by atoms with E-state index < -0.39 is 5.60 Å². The molecular formula is C26H38ClNO. The van der Waals surface area contributed by atoms with E-state index in [1.807, 2.05) is 0 Å². The first-order valence-corrected chi connectivity index (χ1v) is 10.7. The minimum absolute atomic E-state index is 0. The highest BCUT2D eigenvalue weighted by Crippen LogP contribution is 2.45. The van der Waals surface area contributed by atoms with Crippen LogP contribution >= 0.6 is 12.4 Å². The highest BCUT2D eigenvalue weighted by molar-refractivity contribution is 5.85. The van der Waals surface area contributed by atoms with Crippen LogP contribution in [0.15, 0.2) is 54.6 Å². The van der Waals surface area contributed by atoms with E-state index in [-0.39, 0.29) is 29.8 Å². The Bertz CT molecular complexity index is 751. The highest BCUT2D eigenvalue weighted by Gasteiger charge is 2.44. The molecule has 1 aliphatic rings. The van der Waals surface area contributed by atoms with E-state index in [9.17, 15) is 5.11 Å². The summed E-state index contributed by atoms with van der Waals surface area (Å²) in [6, 6.07) is 19.8. The van der Waals surface area contributed by atoms with E-state index in [0.717, 1.165) is 25.7 Å². The Balaban J connectivity index is 0.00000300. The van der Waals surface area contributed by atoms with Crippen LogP contribution in [0.25, 0.3) is 0 Å². The van der Waals surface area contributed by atoms with Gasteiger partial charge in [0.15, 0.2) is 0 Å². The van der Waals surface area contributed by atoms with Crippen LogP contribution in [0.1, 0.15) is 69.2 Å². The molecule has 1 saturated carbocycles. The smallest absolute Gasteiger partial charge is 0.0734 e. The van der Waals surface area contributed by atoms with Crippen molar-refractivity contribution in [2.75, 3.05) is 14.1 Å². The van der Waals surface area contributed by atoms with Crippen LogP contribution in [-0.2, 0) is 11.8 Å². The molecule has 0 spiro atoms. The second kappa shape index (κ2) is 9.64. The molecule has 3 atom stereocenters. The Morgan fingerprint density at radius 3 is 2.17 bits per heavy atom. The summed E-state index contributed by atoms with van der Waals surface area (Å²) >= 11 is 0. The van der Waals surface area contributed by atoms with Gasteiger partial charge in [-0.3, -0.25) is 0 Å². The number of hydrogen-bond donors (Lipinski definition) is 1. The van der Waals surface area contributed by atoms with Crippen molar-refractivity contribution < 1.29 is 5.11 Å². The fourth-order valence-corrected chi connectivity index (χ4v) is 4.94. The van der Waals surface area contributed by atoms with E-state index in [1.54, 1.807) is 0 Å². The first-order valence-electron chi connectivity index (χ1n) is 10.7. The molecule has 3 rings (SSSR count). The maximum Gasteiger partial charge on any atom is 0.0734 e. The molecule has 0 saturated heterocycles. The van der Waals surface area contributed by atoms with Crippen molar-refractivity contribution in [3.05, 3.63) is 71.3 Å². The van der Waals surface area contributed by atoms with Gasteiger partial charge in [-0.1, -0.05) is 88.2 Å². The SMILES string of the molecule is CN(C)C(c1ccccc1)C1CCCCC1(O)Cc1ccc(C(C)(C)C)cc1.Cl. The van der Waals surface area contributed by atoms with Crippen molar-refractivity contribution in [2.24, 2.45) is 5.92 Å². The number of aliphatic hydroxyl groups is 1. The second-order valence-electron chi connectivity index (χ2n) is 9.90. The molecule has 3 unspecified atom stereocenters. The highest BCUT2D eigenvalue weighted by atomic mass is 35.5. The summed E-state index contributed by atoms with van der Waals surface area (Å²) in [4.78, 5) is 2.29. The van der Waals surface area contributed by atoms with Crippen molar-refractivity contribution in [1.29, 1.82) is 0 Å². The van der Waals surface area contributed by atoms with E-state index in [2.05, 4.69) is 94.4 Å². The predicted octanol–water partition coefficient (Wildman–Crippen LogP) is 6.17. The van der Waals surface area contributed by atoms with Gasteiger partial charge in [-0.15, -0.1) is 12.4 Å². The van der Waals surface area contributed by atoms with Crippen LogP contribution in [0.5, 0.6) is 0 Å². The van der Waals surface area contributed by atoms with Crippen LogP contribution in [0, 0.1) is 5.92 Å². The minimum Gasteiger partial charge on any atom is -0.389 e. The Hall–Kier alpha value is -1.35. The first kappa shape index (κ1) is 23.9. The van der Waals surface area contributed by atoms with Gasteiger partial charge in [0.1, 0.15) is 0 Å². The predicted molar refractivity (Wildman–Crippen MR) is 126 cm³/mol. The molecule has 2 aromatic carbocycles. The zero-order valence-electron chi connectivity index (χ0n) is 18.7. The van der Waals surface area contributed by atoms with Crippen LogP contribution < -0.4 is 0 Å². The summed E-state index contributed by atoms with van der Waals surface area (Å²) in [5.41, 5.74) is 3.39. The molecule has 0 radical (unpaired) electrons. The van der Waals surface area contributed by atoms with Gasteiger partial charge >= 0.3 is 0 Å². The molecule has 0 bridgehead atoms. The molecule has 0 aromatic heterocycles. The monoisotopic (exact) mass is 415 g/mol. The first-order chi connectivity index (χ1) is 13.2. The molecule has 1 fully saturated rings. The van der Waals surface area contributed by atoms with E-state index in [4.69, 9.17) is 0 Å². The summed E-state index contributed by atoms with van der Waals surface area (Å²) in [5.74, 6) is 0.237. The average Bonchev–Trinajstić information content (AvgIpc) is 2.64. The van der Waals surface area contributed by atoms with Gasteiger partial charge in [0.2, 0.25) is 0 Å². The summed E-state index contributed by atoms with van der Waals surface area (Å²) in [7, 11) is 4.29. The summed E-state index contributed by atoms with van der Waals surface area (Å²) in [5, 5.41) is 11.9. The Morgan fingerprint density at radius 1 is 1.00 bits per heavy atom. The van der Waals surface area contributed by atoms with Gasteiger partial charge in [-0.05, 0) is 49.0 Å². The van der Waals surface area contributed by atoms with Gasteiger partial charge in [-0.25, -0.2) is 0 Å². The lowest BCUT2D eigenvalue weighted by Crippen LogP contribution is -2.48. The zero-order valence-corrected chi connectivity index (χ0v) is 19.5. The Labute approximate surface area is 183 Å². The van der Waals surface area contributed by atoms with Crippen LogP contribution in [0.4, 0.5) is 0 Å². The number of halogens is 1. The van der Waals surface area contributed by atoms with Crippen molar-refractivity contribution in [3.8, 4) is 0 Å². The van der Waals surface area contributed by atoms with Gasteiger partial charge in [-0.2, -0.15) is 0 Å². The van der Waals surface area contributed by atoms with E-state index >= 15 is 0 Å². The van der Waals surface area contributed by atoms with Gasteiger partial charge in [0, 0.05) is 18.4 Å². The van der Waals surface area contributed by atoms with Crippen molar-refractivity contribution >= 4 is 12.4 Å². The number of benzene rings is 2. The van der Waals surface area contributed by atoms with Crippen LogP contribution in [0.2, 0.25) is 0 Å². The molecule has 2 aromatic rings. The van der Waals surface area contributed by atoms with Crippen LogP contribution in [0.3, 0.4) is 0 Å². The maximum atomic E-state index is 11.9. The maximum absolute atomic E-state index is 11.9. The molecule has 2 nitrogen and oxygen atoms in total. The van der Waals surface area contributed by atoms with Crippen LogP contribution in [-0.4, -0.2) is 29.7 Å². The van der Waals surface area contributed by atoms with Crippen molar-refractivity contribution in [1.82, 2.24) is 4.90 Å². The number of rotatable bonds is 5. The lowest BCUT2D eigenvalue weighted by atomic mass is 9.67. The normalized spacial score (nSPS) is 23.5. The standard InChI is InChI=1S/C26H37NO.ClH/c1-25(2,3)22-16-14-20(15-17-22)19-26(28)18-10-9-13-23(26)24(27(4)5)21-11-7-6-8-12-21;/h6-8,11-12,14-17,23-24,28H,9-10,13,18-19H2,1-5H3;1H. The molecule has 0 amide bonds. The molecule has 1 aliphatic carbocycles. The molecule has 3 heteroatoms. The third-order valence-electron chi connectivity index (χ3n) is 6.47. The second-order valence-corrected chi connectivity index (χ2v) is 9.90. The van der Waals surface area contributed by atoms with Crippen molar-refractivity contribution in [2.45, 2.75) is 69.9 Å². The van der Waals surface area contributed by atoms with E-state index in [0.29, 0.717) is 0 Å². The molecule has 160 valence electrons. The quantitative estimate of drug-likeness (QED) is 0.630. The average molecular weight is 416 g/mol. The number of hydrogen-bond acceptors (Lipinski definition) is 2. The van der Waals surface area contributed by atoms with Gasteiger partial charge in [0.25, 0.3) is 0 Å². The Kier molecular flexibility index (Phi) is 7.95. The van der Waals surface area contributed by atoms with Gasteiger partial charge < -0.3 is 10.0 Å². The summed E-state index contributed by atoms with van der Waals surface area (Å²) < 4.78 is 0. The lowest BCUT2D eigenvalue weighted by Gasteiger charge is -2.46. The topological polar surface area (TPSA) is 23.5 Å². The van der Waals surface area contributed by atoms with Crippen molar-refractivity contribution in [3.63, 3.8) is 0 Å². The largest absolute Gasteiger partial charge is 0.389 e. The molecule has 29 heavy (non-hydrogen) atoms. The third-order valence-corrected chi connectivity index (χ3v) is 6.47. The Morgan fingerprint density at radius 2 is 1.62 bits per heavy atom. The van der Waals surface area contributed by atoms with E-state index in [1.165, 1.54) is 23.1 Å². The third kappa shape index (κ3) is 5.63. The molecular weight excluding hydrogens is 378 g/mol. The molecule has 1 N–H and O–H groups in total. The van der Waals surface area contributed by atoms with Gasteiger partial charge in [0.05, 0.1) is 5.60 Å². The summed E-state index contributed by atoms with van der Waals surface area (Å²) in [6.45, 7) is 6.73. The summed E-state index contributed by atoms with van der Waals surface area (Å²) in [6.07, 6.45) is 5.01. The zero-order chi connectivity index (χ0) is 20.4. The fraction of sp³-hybridized carbons (Fsp3) is 0.538. The minimum atomic E-state index is -0.660.